The minimum Gasteiger partial charge on any atom is -0.384 e. The molecule has 1 aliphatic rings. The smallest absolute Gasteiger partial charge is 0.222 e. The predicted molar refractivity (Wildman–Crippen MR) is 84.0 cm³/mol. The molecule has 7 heteroatoms. The van der Waals surface area contributed by atoms with Crippen molar-refractivity contribution in [2.45, 2.75) is 19.3 Å². The third kappa shape index (κ3) is 8.58. The van der Waals surface area contributed by atoms with Crippen LogP contribution in [0.1, 0.15) is 19.3 Å². The molecular formula is C14H29ClN2O4. The monoisotopic (exact) mass is 324 g/mol. The average Bonchev–Trinajstić information content (AvgIpc) is 2.46. The van der Waals surface area contributed by atoms with Crippen LogP contribution in [0.15, 0.2) is 0 Å². The summed E-state index contributed by atoms with van der Waals surface area (Å²) in [4.78, 5) is 11.8. The van der Waals surface area contributed by atoms with Gasteiger partial charge in [0, 0.05) is 32.6 Å². The summed E-state index contributed by atoms with van der Waals surface area (Å²) in [6.07, 6.45) is 2.46. The van der Waals surface area contributed by atoms with Gasteiger partial charge in [-0.3, -0.25) is 4.79 Å². The van der Waals surface area contributed by atoms with Crippen molar-refractivity contribution in [1.82, 2.24) is 10.6 Å². The number of piperidine rings is 1. The van der Waals surface area contributed by atoms with Gasteiger partial charge < -0.3 is 24.8 Å². The molecule has 21 heavy (non-hydrogen) atoms. The maximum Gasteiger partial charge on any atom is 0.222 e. The molecule has 0 radical (unpaired) electrons. The highest BCUT2D eigenvalue weighted by atomic mass is 35.5. The van der Waals surface area contributed by atoms with Gasteiger partial charge in [0.25, 0.3) is 0 Å². The summed E-state index contributed by atoms with van der Waals surface area (Å²) in [5.41, 5.74) is 0.0760. The second-order valence-corrected chi connectivity index (χ2v) is 5.31. The van der Waals surface area contributed by atoms with Crippen LogP contribution in [0.25, 0.3) is 0 Å². The second kappa shape index (κ2) is 12.2. The Bertz CT molecular complexity index is 268. The summed E-state index contributed by atoms with van der Waals surface area (Å²) in [5.74, 6) is 0.0384. The fourth-order valence-electron chi connectivity index (χ4n) is 2.42. The number of nitrogens with one attached hydrogen (secondary N) is 2. The van der Waals surface area contributed by atoms with Crippen molar-refractivity contribution >= 4 is 18.3 Å². The maximum absolute atomic E-state index is 11.8. The van der Waals surface area contributed by atoms with Crippen molar-refractivity contribution in [2.75, 3.05) is 60.3 Å². The number of rotatable bonds is 10. The Hall–Kier alpha value is -0.400. The van der Waals surface area contributed by atoms with Crippen LogP contribution in [0.5, 0.6) is 0 Å². The number of halogens is 1. The molecule has 0 spiro atoms. The Morgan fingerprint density at radius 3 is 2.48 bits per heavy atom. The van der Waals surface area contributed by atoms with E-state index in [0.717, 1.165) is 25.9 Å². The molecule has 0 aliphatic carbocycles. The first-order valence-electron chi connectivity index (χ1n) is 7.25. The van der Waals surface area contributed by atoms with E-state index in [9.17, 15) is 4.79 Å². The first kappa shape index (κ1) is 20.6. The molecule has 1 saturated heterocycles. The topological polar surface area (TPSA) is 68.8 Å². The normalized spacial score (nSPS) is 17.0. The van der Waals surface area contributed by atoms with Gasteiger partial charge in [0.2, 0.25) is 5.91 Å². The molecule has 2 N–H and O–H groups in total. The van der Waals surface area contributed by atoms with Crippen LogP contribution in [0.2, 0.25) is 0 Å². The molecule has 0 atom stereocenters. The minimum absolute atomic E-state index is 0. The first-order chi connectivity index (χ1) is 9.72. The average molecular weight is 325 g/mol. The summed E-state index contributed by atoms with van der Waals surface area (Å²) < 4.78 is 15.5. The largest absolute Gasteiger partial charge is 0.384 e. The van der Waals surface area contributed by atoms with Gasteiger partial charge >= 0.3 is 0 Å². The molecule has 1 aliphatic heterocycles. The van der Waals surface area contributed by atoms with Crippen molar-refractivity contribution in [3.8, 4) is 0 Å². The molecule has 1 rings (SSSR count). The highest BCUT2D eigenvalue weighted by Crippen LogP contribution is 2.28. The minimum atomic E-state index is 0. The Morgan fingerprint density at radius 1 is 1.14 bits per heavy atom. The van der Waals surface area contributed by atoms with Crippen LogP contribution >= 0.6 is 12.4 Å². The van der Waals surface area contributed by atoms with Gasteiger partial charge in [-0.1, -0.05) is 0 Å². The Balaban J connectivity index is 0.00000400. The molecule has 126 valence electrons. The molecule has 1 amide bonds. The summed E-state index contributed by atoms with van der Waals surface area (Å²) in [6, 6.07) is 0. The number of methoxy groups -OCH3 is 2. The highest BCUT2D eigenvalue weighted by Gasteiger charge is 2.32. The van der Waals surface area contributed by atoms with Crippen LogP contribution < -0.4 is 10.6 Å². The SMILES string of the molecule is COCCOCCC(=O)NCC1(COC)CCNCC1.Cl. The van der Waals surface area contributed by atoms with Crippen LogP contribution in [-0.4, -0.2) is 66.2 Å². The molecule has 0 unspecified atom stereocenters. The maximum atomic E-state index is 11.8. The number of ether oxygens (including phenoxy) is 3. The summed E-state index contributed by atoms with van der Waals surface area (Å²) in [6.45, 7) is 4.88. The van der Waals surface area contributed by atoms with Crippen LogP contribution in [0, 0.1) is 5.41 Å². The Morgan fingerprint density at radius 2 is 1.86 bits per heavy atom. The number of amides is 1. The van der Waals surface area contributed by atoms with Crippen molar-refractivity contribution in [3.63, 3.8) is 0 Å². The lowest BCUT2D eigenvalue weighted by atomic mass is 9.79. The zero-order chi connectivity index (χ0) is 14.7. The third-order valence-electron chi connectivity index (χ3n) is 3.68. The lowest BCUT2D eigenvalue weighted by Gasteiger charge is -2.37. The van der Waals surface area contributed by atoms with Gasteiger partial charge in [-0.2, -0.15) is 0 Å². The molecule has 1 fully saturated rings. The van der Waals surface area contributed by atoms with Crippen molar-refractivity contribution < 1.29 is 19.0 Å². The van der Waals surface area contributed by atoms with E-state index in [0.29, 0.717) is 39.4 Å². The van der Waals surface area contributed by atoms with Crippen LogP contribution in [0.3, 0.4) is 0 Å². The Kier molecular flexibility index (Phi) is 11.9. The van der Waals surface area contributed by atoms with E-state index < -0.39 is 0 Å². The zero-order valence-corrected chi connectivity index (χ0v) is 13.9. The molecular weight excluding hydrogens is 296 g/mol. The van der Waals surface area contributed by atoms with Crippen molar-refractivity contribution in [2.24, 2.45) is 5.41 Å². The van der Waals surface area contributed by atoms with E-state index in [2.05, 4.69) is 10.6 Å². The summed E-state index contributed by atoms with van der Waals surface area (Å²) >= 11 is 0. The third-order valence-corrected chi connectivity index (χ3v) is 3.68. The van der Waals surface area contributed by atoms with Crippen LogP contribution in [0.4, 0.5) is 0 Å². The standard InChI is InChI=1S/C14H28N2O4.ClH/c1-18-9-10-20-8-3-13(17)16-11-14(12-19-2)4-6-15-7-5-14;/h15H,3-12H2,1-2H3,(H,16,17);1H. The zero-order valence-electron chi connectivity index (χ0n) is 13.1. The van der Waals surface area contributed by atoms with Gasteiger partial charge in [-0.25, -0.2) is 0 Å². The summed E-state index contributed by atoms with van der Waals surface area (Å²) in [5, 5.41) is 6.35. The van der Waals surface area contributed by atoms with Gasteiger partial charge in [0.15, 0.2) is 0 Å². The van der Waals surface area contributed by atoms with E-state index in [1.165, 1.54) is 0 Å². The van der Waals surface area contributed by atoms with E-state index in [-0.39, 0.29) is 23.7 Å². The number of carbonyl (C=O) groups excluding carboxylic acids is 1. The molecule has 0 aromatic heterocycles. The lowest BCUT2D eigenvalue weighted by Crippen LogP contribution is -2.47. The quantitative estimate of drug-likeness (QED) is 0.576. The molecule has 6 nitrogen and oxygen atoms in total. The fraction of sp³-hybridized carbons (Fsp3) is 0.929. The summed E-state index contributed by atoms with van der Waals surface area (Å²) in [7, 11) is 3.35. The molecule has 1 heterocycles. The molecule has 0 aromatic carbocycles. The highest BCUT2D eigenvalue weighted by molar-refractivity contribution is 5.85. The molecule has 0 saturated carbocycles. The van der Waals surface area contributed by atoms with Crippen molar-refractivity contribution in [1.29, 1.82) is 0 Å². The first-order valence-corrected chi connectivity index (χ1v) is 7.25. The fourth-order valence-corrected chi connectivity index (χ4v) is 2.42. The van der Waals surface area contributed by atoms with E-state index in [1.807, 2.05) is 0 Å². The van der Waals surface area contributed by atoms with Crippen LogP contribution in [-0.2, 0) is 19.0 Å². The molecule has 0 aromatic rings. The number of hydrogen-bond donors (Lipinski definition) is 2. The van der Waals surface area contributed by atoms with Gasteiger partial charge in [-0.15, -0.1) is 12.4 Å². The molecule has 0 bridgehead atoms. The van der Waals surface area contributed by atoms with E-state index >= 15 is 0 Å². The number of hydrogen-bond acceptors (Lipinski definition) is 5. The second-order valence-electron chi connectivity index (χ2n) is 5.31. The van der Waals surface area contributed by atoms with E-state index in [1.54, 1.807) is 14.2 Å². The van der Waals surface area contributed by atoms with Gasteiger partial charge in [0.05, 0.1) is 26.4 Å². The number of carbonyl (C=O) groups is 1. The van der Waals surface area contributed by atoms with Gasteiger partial charge in [0.1, 0.15) is 0 Å². The predicted octanol–water partition coefficient (Wildman–Crippen LogP) is 0.594. The van der Waals surface area contributed by atoms with Gasteiger partial charge in [-0.05, 0) is 25.9 Å². The van der Waals surface area contributed by atoms with E-state index in [4.69, 9.17) is 14.2 Å². The Labute approximate surface area is 133 Å². The lowest BCUT2D eigenvalue weighted by molar-refractivity contribution is -0.123. The van der Waals surface area contributed by atoms with Crippen molar-refractivity contribution in [3.05, 3.63) is 0 Å².